The predicted molar refractivity (Wildman–Crippen MR) is 426 cm³/mol. The van der Waals surface area contributed by atoms with E-state index in [2.05, 4.69) is 52.8 Å². The fourth-order valence-corrected chi connectivity index (χ4v) is 13.5. The summed E-state index contributed by atoms with van der Waals surface area (Å²) in [5.74, 6) is -9.04. The van der Waals surface area contributed by atoms with Crippen LogP contribution < -0.4 is 59.3 Å². The van der Waals surface area contributed by atoms with Crippen LogP contribution in [-0.2, 0) is 81.6 Å². The van der Waals surface area contributed by atoms with Crippen LogP contribution in [0, 0.1) is 47.4 Å². The summed E-state index contributed by atoms with van der Waals surface area (Å²) < 4.78 is 0.472. The van der Waals surface area contributed by atoms with Gasteiger partial charge in [0.2, 0.25) is 59.1 Å². The molecule has 4 aromatic carbocycles. The first-order valence-electron chi connectivity index (χ1n) is 38.0. The summed E-state index contributed by atoms with van der Waals surface area (Å²) in [6.45, 7) is 2.01. The molecule has 36 heteroatoms. The van der Waals surface area contributed by atoms with Crippen molar-refractivity contribution in [1.29, 1.82) is 0 Å². The zero-order valence-electron chi connectivity index (χ0n) is 64.1. The third-order valence-electron chi connectivity index (χ3n) is 19.1. The van der Waals surface area contributed by atoms with Gasteiger partial charge in [0.15, 0.2) is 5.96 Å². The number of carbonyl (C=O) groups excluding carboxylic acids is 10. The number of carboxylic acids is 3. The fourth-order valence-electron chi connectivity index (χ4n) is 12.9. The van der Waals surface area contributed by atoms with Gasteiger partial charge in [-0.2, -0.15) is 0 Å². The Bertz CT molecular complexity index is 3840. The van der Waals surface area contributed by atoms with Crippen molar-refractivity contribution in [2.24, 2.45) is 16.5 Å². The van der Waals surface area contributed by atoms with E-state index in [0.717, 1.165) is 21.9 Å². The van der Waals surface area contributed by atoms with Crippen LogP contribution in [0.2, 0.25) is 0 Å². The normalized spacial score (nSPS) is 17.8. The van der Waals surface area contributed by atoms with Crippen LogP contribution in [-0.4, -0.2) is 283 Å². The first kappa shape index (κ1) is 94.7. The zero-order valence-corrected chi connectivity index (χ0v) is 67.9. The molecular weight excluding hydrogens is 1740 g/mol. The van der Waals surface area contributed by atoms with E-state index in [-0.39, 0.29) is 242 Å². The first-order valence-corrected chi connectivity index (χ1v) is 39.1. The van der Waals surface area contributed by atoms with E-state index in [4.69, 9.17) is 11.5 Å². The van der Waals surface area contributed by atoms with E-state index in [1.54, 1.807) is 31.7 Å². The second kappa shape index (κ2) is 51.1. The number of carboxylic acid groups (broad SMARTS) is 3. The number of likely N-dealkylation sites (N-methyl/N-ethyl adjacent to an activating group) is 1. The number of hydrogen-bond acceptors (Lipinski definition) is 19. The monoisotopic (exact) mass is 1850 g/mol. The molecule has 0 saturated carbocycles. The van der Waals surface area contributed by atoms with Gasteiger partial charge in [-0.15, -0.1) is 0 Å². The molecule has 10 amide bonds. The number of nitrogens with zero attached hydrogens (tertiary/aromatic N) is 6. The maximum absolute atomic E-state index is 14.8. The van der Waals surface area contributed by atoms with E-state index in [0.29, 0.717) is 53.2 Å². The molecule has 17 N–H and O–H groups in total. The Morgan fingerprint density at radius 3 is 1.64 bits per heavy atom. The summed E-state index contributed by atoms with van der Waals surface area (Å²) in [6.07, 6.45) is 3.47. The maximum atomic E-state index is 14.8. The van der Waals surface area contributed by atoms with Crippen molar-refractivity contribution in [3.63, 3.8) is 0 Å². The summed E-state index contributed by atoms with van der Waals surface area (Å²) in [7, 11) is 1.39. The molecule has 0 aromatic heterocycles. The number of phenolic OH excluding ortho intramolecular Hbond substituents is 1. The van der Waals surface area contributed by atoms with Crippen molar-refractivity contribution in [1.82, 2.24) is 72.4 Å². The van der Waals surface area contributed by atoms with Crippen LogP contribution >= 0.6 is 22.6 Å². The van der Waals surface area contributed by atoms with Gasteiger partial charge in [0.25, 0.3) is 0 Å². The Labute approximate surface area is 700 Å². The van der Waals surface area contributed by atoms with E-state index >= 15 is 0 Å². The van der Waals surface area contributed by atoms with Gasteiger partial charge in [-0.25, -0.2) is 0 Å². The molecule has 5 atom stereocenters. The van der Waals surface area contributed by atoms with Gasteiger partial charge < -0.3 is 84.6 Å². The number of nitrogens with two attached hydrogens (primary N) is 2. The molecule has 34 nitrogen and oxygen atoms in total. The van der Waals surface area contributed by atoms with Crippen molar-refractivity contribution in [2.75, 3.05) is 125 Å². The van der Waals surface area contributed by atoms with Crippen LogP contribution in [0.1, 0.15) is 106 Å². The van der Waals surface area contributed by atoms with Gasteiger partial charge >= 0.3 is 17.9 Å². The number of amides is 10. The number of aryl methyl sites for hydroxylation is 2. The fraction of sp³-hybridized carbons (Fsp3) is 0.532. The number of rotatable bonds is 39. The van der Waals surface area contributed by atoms with Gasteiger partial charge in [0.1, 0.15) is 36.0 Å². The molecule has 2 saturated heterocycles. The number of aliphatic carboxylic acids is 3. The van der Waals surface area contributed by atoms with Crippen LogP contribution in [0.15, 0.2) is 89.9 Å². The topological polar surface area (TPSA) is 492 Å². The van der Waals surface area contributed by atoms with Crippen molar-refractivity contribution < 1.29 is 120 Å². The van der Waals surface area contributed by atoms with Crippen LogP contribution in [0.25, 0.3) is 10.8 Å². The third kappa shape index (κ3) is 36.9. The number of halogens is 1. The van der Waals surface area contributed by atoms with Gasteiger partial charge in [-0.3, -0.25) is 86.9 Å². The van der Waals surface area contributed by atoms with E-state index in [9.17, 15) is 82.8 Å². The predicted octanol–water partition coefficient (Wildman–Crippen LogP) is -0.333. The van der Waals surface area contributed by atoms with E-state index < -0.39 is 96.0 Å². The number of benzene rings is 4. The number of fused-ring (bicyclic) bond motifs is 1. The van der Waals surface area contributed by atoms with Crippen molar-refractivity contribution in [3.05, 3.63) is 111 Å². The smallest absolute Gasteiger partial charge is 0.317 e. The summed E-state index contributed by atoms with van der Waals surface area (Å²) in [6, 6.07) is 19.7. The number of aromatic hydroxyl groups is 1. The van der Waals surface area contributed by atoms with Gasteiger partial charge in [-0.1, -0.05) is 78.4 Å². The van der Waals surface area contributed by atoms with Crippen molar-refractivity contribution in [2.45, 2.75) is 140 Å². The molecule has 113 heavy (non-hydrogen) atoms. The van der Waals surface area contributed by atoms with Crippen LogP contribution in [0.5, 0.6) is 5.75 Å². The quantitative estimate of drug-likeness (QED) is 0.0118. The SMILES string of the molecule is Cc1ccc(CCCC(=O)NCCNC(=O)C(CCCCNC(=O)CCCCC(=O)NCCC[C@@H]2C(=O)N[C@@H](CCCN=C(N)N)C(=O)N[C@@H](Cc3ccc4ccccc4c3)C(=O)NCC(=O)N[C@H](Cc3ccc(O)c(I)c3)C(=O)N2C)NC(=O)CN2CCN(CC(=O)O)CCN(CC(=O)O)CCN(CC(=O)O)CC2)cc1.[Lu]. The molecule has 1 radical (unpaired) electrons. The Kier molecular flexibility index (Phi) is 42.8. The Morgan fingerprint density at radius 1 is 0.540 bits per heavy atom. The molecule has 2 fully saturated rings. The number of guanidine groups is 1. The van der Waals surface area contributed by atoms with Gasteiger partial charge in [0.05, 0.1) is 36.3 Å². The molecule has 2 aliphatic rings. The molecule has 4 aromatic rings. The number of phenols is 1. The second-order valence-electron chi connectivity index (χ2n) is 28.2. The molecule has 0 aliphatic carbocycles. The molecule has 2 heterocycles. The third-order valence-corrected chi connectivity index (χ3v) is 20.0. The minimum Gasteiger partial charge on any atom is -0.507 e. The van der Waals surface area contributed by atoms with E-state index in [1.165, 1.54) is 18.0 Å². The average Bonchev–Trinajstić information content (AvgIpc) is 1.64. The number of carbonyl (C=O) groups is 13. The molecule has 0 spiro atoms. The zero-order chi connectivity index (χ0) is 81.5. The Balaban J connectivity index is 0.0000228. The summed E-state index contributed by atoms with van der Waals surface area (Å²) in [5, 5.41) is 66.2. The average molecular weight is 1850 g/mol. The largest absolute Gasteiger partial charge is 0.507 e. The summed E-state index contributed by atoms with van der Waals surface area (Å²) in [5.41, 5.74) is 14.7. The van der Waals surface area contributed by atoms with Crippen molar-refractivity contribution >= 4 is 116 Å². The van der Waals surface area contributed by atoms with Crippen LogP contribution in [0.3, 0.4) is 0 Å². The standard InChI is InChI=1S/C77H110IN17O17.Lu/c1-51-21-23-52(24-22-51)12-9-20-66(99)83-32-33-84-72(108)58(87-68(101)47-92-34-36-93(48-69(102)103)38-40-95(50-71(106)107)41-39-94(37-35-92)49-70(104)105)15-7-8-29-81-64(97)18-5-6-19-65(98)82-30-11-17-62-75(111)89-59(16-10-31-85-77(79)80)74(110)90-60(44-53-25-27-55-13-3-4-14-56(55)42-53)73(109)86-46-67(100)88-61(76(112)91(62)2)45-54-26-28-63(96)57(78)43-54;/h3-4,13-14,21-28,42-43,58-62,96H,5-12,15-20,29-41,44-50H2,1-2H3,(H,81,97)(H,82,98)(H,83,99)(H,84,108)(H,86,109)(H,87,101)(H,88,100)(H,89,111)(H,90,110)(H,102,103)(H,104,105)(H,106,107)(H4,79,80,85);/t58?,59-,60-,61+,62+;/m0./s1. The van der Waals surface area contributed by atoms with Crippen LogP contribution in [0.4, 0.5) is 0 Å². The molecule has 1 unspecified atom stereocenters. The number of unbranched alkanes of at least 4 members (excludes halogenated alkanes) is 2. The Morgan fingerprint density at radius 2 is 1.05 bits per heavy atom. The van der Waals surface area contributed by atoms with Gasteiger partial charge in [-0.05, 0) is 140 Å². The second-order valence-corrected chi connectivity index (χ2v) is 29.3. The molecular formula is C77H110ILuN17O17. The maximum Gasteiger partial charge on any atom is 0.317 e. The number of hydrogen-bond donors (Lipinski definition) is 15. The van der Waals surface area contributed by atoms with Gasteiger partial charge in [0, 0.05) is 161 Å². The minimum atomic E-state index is -1.30. The molecule has 0 bridgehead atoms. The summed E-state index contributed by atoms with van der Waals surface area (Å²) >= 11 is 1.93. The Hall–Kier alpha value is -8.88. The summed E-state index contributed by atoms with van der Waals surface area (Å²) in [4.78, 5) is 186. The first-order chi connectivity index (χ1) is 53.6. The van der Waals surface area contributed by atoms with Crippen molar-refractivity contribution in [3.8, 4) is 5.75 Å². The van der Waals surface area contributed by atoms with E-state index in [1.807, 2.05) is 96.2 Å². The molecule has 627 valence electrons. The number of aliphatic imine (C=N–C) groups is 1. The molecule has 6 rings (SSSR count). The number of nitrogens with one attached hydrogen (secondary N) is 9. The minimum absolute atomic E-state index is 0. The molecule has 2 aliphatic heterocycles.